The molecular weight excluding hydrogens is 509 g/mol. The van der Waals surface area contributed by atoms with Gasteiger partial charge >= 0.3 is 0 Å². The van der Waals surface area contributed by atoms with Crippen LogP contribution in [-0.4, -0.2) is 36.2 Å². The summed E-state index contributed by atoms with van der Waals surface area (Å²) in [6, 6.07) is 9.41. The van der Waals surface area contributed by atoms with E-state index < -0.39 is 10.0 Å². The van der Waals surface area contributed by atoms with Crippen LogP contribution in [0.2, 0.25) is 0 Å². The number of amides is 1. The van der Waals surface area contributed by atoms with Gasteiger partial charge < -0.3 is 20.2 Å². The van der Waals surface area contributed by atoms with Gasteiger partial charge in [-0.3, -0.25) is 14.3 Å². The SMILES string of the molecule is CCNC(=O)c1cc2c([nH]1)c(=O)c(C)cn2-c1cc(NS(=O)(=O)CC)ccc1Nc1c(C)cc(F)cc1C. The maximum Gasteiger partial charge on any atom is 0.267 e. The van der Waals surface area contributed by atoms with E-state index in [2.05, 4.69) is 20.3 Å². The number of pyridine rings is 1. The third kappa shape index (κ3) is 5.28. The van der Waals surface area contributed by atoms with E-state index in [0.29, 0.717) is 51.5 Å². The molecular formula is C27H30FN5O4S. The molecule has 0 saturated carbocycles. The van der Waals surface area contributed by atoms with Crippen molar-refractivity contribution in [3.63, 3.8) is 0 Å². The molecule has 11 heteroatoms. The number of nitrogens with one attached hydrogen (secondary N) is 4. The molecule has 2 heterocycles. The second kappa shape index (κ2) is 10.3. The van der Waals surface area contributed by atoms with Crippen molar-refractivity contribution in [2.24, 2.45) is 0 Å². The molecule has 0 aliphatic heterocycles. The number of nitrogens with zero attached hydrogens (tertiary/aromatic N) is 1. The van der Waals surface area contributed by atoms with Gasteiger partial charge in [0.25, 0.3) is 5.91 Å². The first-order chi connectivity index (χ1) is 17.9. The molecule has 0 aliphatic carbocycles. The number of halogens is 1. The first-order valence-corrected chi connectivity index (χ1v) is 13.8. The normalized spacial score (nSPS) is 11.5. The number of aryl methyl sites for hydroxylation is 3. The third-order valence-corrected chi connectivity index (χ3v) is 7.52. The molecule has 0 atom stereocenters. The van der Waals surface area contributed by atoms with Crippen LogP contribution in [0.5, 0.6) is 0 Å². The zero-order chi connectivity index (χ0) is 27.8. The molecule has 0 saturated heterocycles. The summed E-state index contributed by atoms with van der Waals surface area (Å²) >= 11 is 0. The predicted octanol–water partition coefficient (Wildman–Crippen LogP) is 4.64. The standard InChI is InChI=1S/C27H30FN5O4S/c1-6-29-27(35)21-13-23-25(31-21)26(34)17(5)14-33(23)22-12-19(32-38(36,37)7-2)8-9-20(22)30-24-15(3)10-18(28)11-16(24)4/h8-14,30-32H,6-7H2,1-5H3,(H,29,35). The highest BCUT2D eigenvalue weighted by molar-refractivity contribution is 7.92. The Morgan fingerprint density at radius 2 is 1.71 bits per heavy atom. The molecule has 4 aromatic rings. The monoisotopic (exact) mass is 539 g/mol. The number of sulfonamides is 1. The lowest BCUT2D eigenvalue weighted by atomic mass is 10.1. The van der Waals surface area contributed by atoms with E-state index in [-0.39, 0.29) is 34.1 Å². The van der Waals surface area contributed by atoms with Crippen molar-refractivity contribution in [1.29, 1.82) is 0 Å². The number of carbonyl (C=O) groups excluding carboxylic acids is 1. The molecule has 0 fully saturated rings. The number of H-pyrrole nitrogens is 1. The minimum atomic E-state index is -3.56. The van der Waals surface area contributed by atoms with Crippen LogP contribution in [0.15, 0.2) is 47.4 Å². The number of aromatic amines is 1. The van der Waals surface area contributed by atoms with Crippen LogP contribution in [0.3, 0.4) is 0 Å². The Hall–Kier alpha value is -4.12. The Balaban J connectivity index is 1.98. The Labute approximate surface area is 220 Å². The number of hydrogen-bond donors (Lipinski definition) is 4. The summed E-state index contributed by atoms with van der Waals surface area (Å²) in [6.45, 7) is 8.99. The summed E-state index contributed by atoms with van der Waals surface area (Å²) in [6.07, 6.45) is 1.64. The van der Waals surface area contributed by atoms with Crippen molar-refractivity contribution < 1.29 is 17.6 Å². The predicted molar refractivity (Wildman–Crippen MR) is 149 cm³/mol. The second-order valence-electron chi connectivity index (χ2n) is 9.09. The molecule has 2 aromatic carbocycles. The highest BCUT2D eigenvalue weighted by atomic mass is 32.2. The summed E-state index contributed by atoms with van der Waals surface area (Å²) < 4.78 is 42.9. The van der Waals surface area contributed by atoms with Gasteiger partial charge in [0.2, 0.25) is 15.5 Å². The summed E-state index contributed by atoms with van der Waals surface area (Å²) in [5.74, 6) is -0.809. The van der Waals surface area contributed by atoms with E-state index in [9.17, 15) is 22.4 Å². The molecule has 0 unspecified atom stereocenters. The number of hydrogen-bond acceptors (Lipinski definition) is 5. The quantitative estimate of drug-likeness (QED) is 0.260. The van der Waals surface area contributed by atoms with E-state index >= 15 is 0 Å². The summed E-state index contributed by atoms with van der Waals surface area (Å²) in [4.78, 5) is 28.5. The number of aromatic nitrogens is 2. The van der Waals surface area contributed by atoms with E-state index in [1.807, 2.05) is 0 Å². The number of carbonyl (C=O) groups is 1. The molecule has 9 nitrogen and oxygen atoms in total. The van der Waals surface area contributed by atoms with Crippen LogP contribution in [0.25, 0.3) is 16.7 Å². The molecule has 38 heavy (non-hydrogen) atoms. The molecule has 0 aliphatic rings. The van der Waals surface area contributed by atoms with Crippen LogP contribution in [-0.2, 0) is 10.0 Å². The zero-order valence-corrected chi connectivity index (χ0v) is 22.6. The molecule has 0 spiro atoms. The van der Waals surface area contributed by atoms with Crippen LogP contribution < -0.4 is 20.8 Å². The van der Waals surface area contributed by atoms with Crippen LogP contribution in [0.1, 0.15) is 41.0 Å². The highest BCUT2D eigenvalue weighted by Crippen LogP contribution is 2.33. The molecule has 1 amide bonds. The molecule has 0 bridgehead atoms. The molecule has 4 N–H and O–H groups in total. The summed E-state index contributed by atoms with van der Waals surface area (Å²) in [5.41, 5.74) is 4.54. The topological polar surface area (TPSA) is 125 Å². The van der Waals surface area contributed by atoms with Gasteiger partial charge in [-0.05, 0) is 82.1 Å². The lowest BCUT2D eigenvalue weighted by molar-refractivity contribution is 0.0951. The maximum atomic E-state index is 14.0. The fraction of sp³-hybridized carbons (Fsp3) is 0.259. The van der Waals surface area contributed by atoms with Crippen molar-refractivity contribution in [2.45, 2.75) is 34.6 Å². The van der Waals surface area contributed by atoms with Crippen molar-refractivity contribution in [2.75, 3.05) is 22.3 Å². The Bertz CT molecular complexity index is 1700. The van der Waals surface area contributed by atoms with Gasteiger partial charge in [0.15, 0.2) is 0 Å². The largest absolute Gasteiger partial charge is 0.353 e. The smallest absolute Gasteiger partial charge is 0.267 e. The number of rotatable bonds is 8. The third-order valence-electron chi connectivity index (χ3n) is 6.21. The van der Waals surface area contributed by atoms with Gasteiger partial charge in [-0.25, -0.2) is 12.8 Å². The first kappa shape index (κ1) is 26.9. The number of fused-ring (bicyclic) bond motifs is 1. The van der Waals surface area contributed by atoms with Gasteiger partial charge in [-0.2, -0.15) is 0 Å². The van der Waals surface area contributed by atoms with E-state index in [4.69, 9.17) is 0 Å². The van der Waals surface area contributed by atoms with E-state index in [1.165, 1.54) is 19.1 Å². The van der Waals surface area contributed by atoms with Crippen molar-refractivity contribution in [3.05, 3.63) is 81.0 Å². The zero-order valence-electron chi connectivity index (χ0n) is 21.8. The van der Waals surface area contributed by atoms with Gasteiger partial charge in [-0.15, -0.1) is 0 Å². The van der Waals surface area contributed by atoms with Gasteiger partial charge in [0.05, 0.1) is 28.3 Å². The van der Waals surface area contributed by atoms with Crippen LogP contribution in [0.4, 0.5) is 21.5 Å². The fourth-order valence-corrected chi connectivity index (χ4v) is 4.93. The van der Waals surface area contributed by atoms with Crippen molar-refractivity contribution in [3.8, 4) is 5.69 Å². The number of benzene rings is 2. The Morgan fingerprint density at radius 3 is 2.34 bits per heavy atom. The second-order valence-corrected chi connectivity index (χ2v) is 11.1. The lowest BCUT2D eigenvalue weighted by Crippen LogP contribution is -2.22. The van der Waals surface area contributed by atoms with Crippen LogP contribution >= 0.6 is 0 Å². The molecule has 2 aromatic heterocycles. The van der Waals surface area contributed by atoms with E-state index in [1.54, 1.807) is 62.7 Å². The van der Waals surface area contributed by atoms with Crippen molar-refractivity contribution >= 4 is 44.0 Å². The van der Waals surface area contributed by atoms with Gasteiger partial charge in [0.1, 0.15) is 17.0 Å². The first-order valence-electron chi connectivity index (χ1n) is 12.2. The fourth-order valence-electron chi connectivity index (χ4n) is 4.30. The number of anilines is 3. The van der Waals surface area contributed by atoms with Gasteiger partial charge in [-0.1, -0.05) is 0 Å². The minimum Gasteiger partial charge on any atom is -0.353 e. The highest BCUT2D eigenvalue weighted by Gasteiger charge is 2.19. The summed E-state index contributed by atoms with van der Waals surface area (Å²) in [7, 11) is -3.56. The van der Waals surface area contributed by atoms with Gasteiger partial charge in [0, 0.05) is 24.0 Å². The molecule has 0 radical (unpaired) electrons. The molecule has 200 valence electrons. The minimum absolute atomic E-state index is 0.106. The Morgan fingerprint density at radius 1 is 1.03 bits per heavy atom. The summed E-state index contributed by atoms with van der Waals surface area (Å²) in [5, 5.41) is 6.07. The Kier molecular flexibility index (Phi) is 7.32. The van der Waals surface area contributed by atoms with E-state index in [0.717, 1.165) is 0 Å². The average Bonchev–Trinajstić information content (AvgIpc) is 3.30. The average molecular weight is 540 g/mol. The lowest BCUT2D eigenvalue weighted by Gasteiger charge is -2.20. The maximum absolute atomic E-state index is 14.0. The van der Waals surface area contributed by atoms with Crippen molar-refractivity contribution in [1.82, 2.24) is 14.9 Å². The van der Waals surface area contributed by atoms with Crippen LogP contribution in [0, 0.1) is 26.6 Å². The molecule has 4 rings (SSSR count).